The van der Waals surface area contributed by atoms with Crippen LogP contribution in [0, 0.1) is 6.92 Å². The number of benzene rings is 3. The number of nitrogens with one attached hydrogen (secondary N) is 2. The minimum absolute atomic E-state index is 0.269. The molecule has 0 bridgehead atoms. The van der Waals surface area contributed by atoms with E-state index in [1.807, 2.05) is 61.5 Å². The maximum Gasteiger partial charge on any atom is 0.251 e. The Labute approximate surface area is 192 Å². The van der Waals surface area contributed by atoms with Crippen molar-refractivity contribution in [2.24, 2.45) is 0 Å². The van der Waals surface area contributed by atoms with Crippen molar-refractivity contribution in [3.8, 4) is 5.69 Å². The minimum Gasteiger partial charge on any atom is -0.340 e. The minimum atomic E-state index is -0.702. The summed E-state index contributed by atoms with van der Waals surface area (Å²) in [5.74, 6) is -0.550. The van der Waals surface area contributed by atoms with Crippen LogP contribution in [0.2, 0.25) is 0 Å². The number of anilines is 1. The fourth-order valence-electron chi connectivity index (χ4n) is 3.62. The average Bonchev–Trinajstić information content (AvgIpc) is 3.39. The first-order chi connectivity index (χ1) is 16.1. The van der Waals surface area contributed by atoms with Crippen LogP contribution >= 0.6 is 0 Å². The molecule has 1 unspecified atom stereocenters. The van der Waals surface area contributed by atoms with E-state index in [0.717, 1.165) is 16.8 Å². The molecule has 1 aromatic heterocycles. The smallest absolute Gasteiger partial charge is 0.251 e. The summed E-state index contributed by atoms with van der Waals surface area (Å²) in [6.07, 6.45) is 4.20. The molecule has 3 aromatic carbocycles. The fraction of sp³-hybridized carbons (Fsp3) is 0.154. The number of carbonyl (C=O) groups excluding carboxylic acids is 2. The molecule has 0 aliphatic heterocycles. The topological polar surface area (TPSA) is 88.9 Å². The van der Waals surface area contributed by atoms with Crippen molar-refractivity contribution >= 4 is 17.5 Å². The van der Waals surface area contributed by atoms with Crippen LogP contribution in [-0.4, -0.2) is 32.6 Å². The highest BCUT2D eigenvalue weighted by Gasteiger charge is 2.22. The third-order valence-electron chi connectivity index (χ3n) is 5.45. The molecular formula is C26H25N5O2. The third kappa shape index (κ3) is 5.51. The molecule has 0 saturated heterocycles. The van der Waals surface area contributed by atoms with E-state index < -0.39 is 6.04 Å². The summed E-state index contributed by atoms with van der Waals surface area (Å²) < 4.78 is 1.65. The number of nitrogens with zero attached hydrogens (tertiary/aromatic N) is 3. The summed E-state index contributed by atoms with van der Waals surface area (Å²) in [7, 11) is 0. The van der Waals surface area contributed by atoms with Crippen LogP contribution < -0.4 is 10.6 Å². The van der Waals surface area contributed by atoms with Crippen LogP contribution in [0.15, 0.2) is 91.5 Å². The largest absolute Gasteiger partial charge is 0.340 e. The second-order valence-electron chi connectivity index (χ2n) is 7.70. The van der Waals surface area contributed by atoms with E-state index in [4.69, 9.17) is 0 Å². The van der Waals surface area contributed by atoms with Gasteiger partial charge in [0, 0.05) is 11.3 Å². The van der Waals surface area contributed by atoms with Crippen molar-refractivity contribution in [3.63, 3.8) is 0 Å². The highest BCUT2D eigenvalue weighted by atomic mass is 16.2. The first-order valence-electron chi connectivity index (χ1n) is 10.8. The van der Waals surface area contributed by atoms with Gasteiger partial charge in [-0.25, -0.2) is 9.67 Å². The van der Waals surface area contributed by atoms with Gasteiger partial charge in [-0.3, -0.25) is 9.59 Å². The van der Waals surface area contributed by atoms with Gasteiger partial charge in [0.2, 0.25) is 5.91 Å². The number of aryl methyl sites for hydroxylation is 1. The van der Waals surface area contributed by atoms with E-state index in [1.165, 1.54) is 6.33 Å². The zero-order chi connectivity index (χ0) is 23.0. The zero-order valence-electron chi connectivity index (χ0n) is 18.3. The van der Waals surface area contributed by atoms with Gasteiger partial charge in [0.05, 0.1) is 5.69 Å². The molecule has 7 heteroatoms. The van der Waals surface area contributed by atoms with Crippen molar-refractivity contribution in [2.45, 2.75) is 25.8 Å². The van der Waals surface area contributed by atoms with Crippen LogP contribution in [0.1, 0.15) is 27.9 Å². The maximum absolute atomic E-state index is 13.3. The van der Waals surface area contributed by atoms with Crippen LogP contribution in [0.4, 0.5) is 5.69 Å². The van der Waals surface area contributed by atoms with Crippen molar-refractivity contribution in [2.75, 3.05) is 5.32 Å². The molecule has 0 radical (unpaired) electrons. The summed E-state index contributed by atoms with van der Waals surface area (Å²) >= 11 is 0. The average molecular weight is 440 g/mol. The normalized spacial score (nSPS) is 11.5. The predicted molar refractivity (Wildman–Crippen MR) is 127 cm³/mol. The molecular weight excluding hydrogens is 414 g/mol. The highest BCUT2D eigenvalue weighted by molar-refractivity contribution is 6.01. The SMILES string of the molecule is Cc1c(NC(=O)C(CCc2ccccc2)NC(=O)c2ccccc2)cccc1-n1cncn1. The standard InChI is InChI=1S/C26H25N5O2/c1-19-22(13-8-14-24(19)31-18-27-17-28-31)29-26(33)23(16-15-20-9-4-2-5-10-20)30-25(32)21-11-6-3-7-12-21/h2-14,17-18,23H,15-16H2,1H3,(H,29,33)(H,30,32). The summed E-state index contributed by atoms with van der Waals surface area (Å²) in [5, 5.41) is 10.1. The molecule has 7 nitrogen and oxygen atoms in total. The van der Waals surface area contributed by atoms with Crippen LogP contribution in [0.5, 0.6) is 0 Å². The van der Waals surface area contributed by atoms with E-state index >= 15 is 0 Å². The quantitative estimate of drug-likeness (QED) is 0.435. The molecule has 166 valence electrons. The molecule has 1 atom stereocenters. The summed E-state index contributed by atoms with van der Waals surface area (Å²) in [5.41, 5.74) is 3.95. The van der Waals surface area contributed by atoms with E-state index in [-0.39, 0.29) is 11.8 Å². The molecule has 0 spiro atoms. The molecule has 4 aromatic rings. The Morgan fingerprint density at radius 1 is 0.939 bits per heavy atom. The molecule has 1 heterocycles. The second kappa shape index (κ2) is 10.4. The predicted octanol–water partition coefficient (Wildman–Crippen LogP) is 3.95. The Hall–Kier alpha value is -4.26. The summed E-state index contributed by atoms with van der Waals surface area (Å²) in [4.78, 5) is 30.1. The van der Waals surface area contributed by atoms with Gasteiger partial charge in [-0.2, -0.15) is 5.10 Å². The van der Waals surface area contributed by atoms with Crippen LogP contribution in [0.25, 0.3) is 5.69 Å². The zero-order valence-corrected chi connectivity index (χ0v) is 18.3. The third-order valence-corrected chi connectivity index (χ3v) is 5.45. The highest BCUT2D eigenvalue weighted by Crippen LogP contribution is 2.22. The lowest BCUT2D eigenvalue weighted by Crippen LogP contribution is -2.44. The Bertz CT molecular complexity index is 1210. The molecule has 0 fully saturated rings. The summed E-state index contributed by atoms with van der Waals surface area (Å²) in [6, 6.07) is 23.7. The molecule has 33 heavy (non-hydrogen) atoms. The van der Waals surface area contributed by atoms with E-state index in [9.17, 15) is 9.59 Å². The van der Waals surface area contributed by atoms with Gasteiger partial charge in [-0.15, -0.1) is 0 Å². The van der Waals surface area contributed by atoms with Crippen LogP contribution in [0.3, 0.4) is 0 Å². The summed E-state index contributed by atoms with van der Waals surface area (Å²) in [6.45, 7) is 1.91. The molecule has 0 aliphatic carbocycles. The first kappa shape index (κ1) is 22.0. The number of hydrogen-bond donors (Lipinski definition) is 2. The van der Waals surface area contributed by atoms with E-state index in [2.05, 4.69) is 20.7 Å². The monoisotopic (exact) mass is 439 g/mol. The molecule has 0 aliphatic rings. The van der Waals surface area contributed by atoms with Crippen molar-refractivity contribution in [1.29, 1.82) is 0 Å². The lowest BCUT2D eigenvalue weighted by Gasteiger charge is -2.20. The van der Waals surface area contributed by atoms with Gasteiger partial charge in [-0.05, 0) is 55.2 Å². The van der Waals surface area contributed by atoms with Crippen LogP contribution in [-0.2, 0) is 11.2 Å². The lowest BCUT2D eigenvalue weighted by atomic mass is 10.0. The number of rotatable bonds is 8. The number of hydrogen-bond acceptors (Lipinski definition) is 4. The van der Waals surface area contributed by atoms with E-state index in [1.54, 1.807) is 35.3 Å². The fourth-order valence-corrected chi connectivity index (χ4v) is 3.62. The molecule has 0 saturated carbocycles. The number of amides is 2. The van der Waals surface area contributed by atoms with Gasteiger partial charge in [0.25, 0.3) is 5.91 Å². The lowest BCUT2D eigenvalue weighted by molar-refractivity contribution is -0.118. The van der Waals surface area contributed by atoms with Gasteiger partial charge in [-0.1, -0.05) is 54.6 Å². The van der Waals surface area contributed by atoms with Crippen molar-refractivity contribution < 1.29 is 9.59 Å². The maximum atomic E-state index is 13.3. The molecule has 2 N–H and O–H groups in total. The molecule has 4 rings (SSSR count). The van der Waals surface area contributed by atoms with Gasteiger partial charge < -0.3 is 10.6 Å². The van der Waals surface area contributed by atoms with Gasteiger partial charge in [0.1, 0.15) is 18.7 Å². The van der Waals surface area contributed by atoms with Gasteiger partial charge in [0.15, 0.2) is 0 Å². The Morgan fingerprint density at radius 3 is 2.36 bits per heavy atom. The Balaban J connectivity index is 1.53. The number of carbonyl (C=O) groups is 2. The number of aromatic nitrogens is 3. The van der Waals surface area contributed by atoms with Crippen molar-refractivity contribution in [3.05, 3.63) is 108 Å². The van der Waals surface area contributed by atoms with E-state index in [0.29, 0.717) is 24.1 Å². The molecule has 2 amide bonds. The Morgan fingerprint density at radius 2 is 1.67 bits per heavy atom. The van der Waals surface area contributed by atoms with Crippen molar-refractivity contribution in [1.82, 2.24) is 20.1 Å². The second-order valence-corrected chi connectivity index (χ2v) is 7.70. The Kier molecular flexibility index (Phi) is 6.90. The van der Waals surface area contributed by atoms with Gasteiger partial charge >= 0.3 is 0 Å². The first-order valence-corrected chi connectivity index (χ1v) is 10.8.